The number of unbranched alkanes of at least 4 members (excludes halogenated alkanes) is 1. The SMILES string of the molecule is CCCCNC(=O)N(C)CC(=O)NCCOC. The van der Waals surface area contributed by atoms with E-state index < -0.39 is 0 Å². The first-order valence-electron chi connectivity index (χ1n) is 5.86. The number of rotatable bonds is 8. The zero-order valence-corrected chi connectivity index (χ0v) is 10.9. The molecule has 6 nitrogen and oxygen atoms in total. The Kier molecular flexibility index (Phi) is 9.14. The van der Waals surface area contributed by atoms with Crippen molar-refractivity contribution < 1.29 is 14.3 Å². The molecule has 2 N–H and O–H groups in total. The Labute approximate surface area is 103 Å². The normalized spacial score (nSPS) is 9.82. The summed E-state index contributed by atoms with van der Waals surface area (Å²) in [6.07, 6.45) is 1.97. The lowest BCUT2D eigenvalue weighted by molar-refractivity contribution is -0.121. The van der Waals surface area contributed by atoms with Gasteiger partial charge in [0.05, 0.1) is 6.61 Å². The van der Waals surface area contributed by atoms with E-state index in [4.69, 9.17) is 4.74 Å². The van der Waals surface area contributed by atoms with Gasteiger partial charge in [-0.15, -0.1) is 0 Å². The average molecular weight is 245 g/mol. The van der Waals surface area contributed by atoms with Crippen molar-refractivity contribution in [2.45, 2.75) is 19.8 Å². The second kappa shape index (κ2) is 9.89. The van der Waals surface area contributed by atoms with Crippen molar-refractivity contribution >= 4 is 11.9 Å². The van der Waals surface area contributed by atoms with Gasteiger partial charge in [-0.25, -0.2) is 4.79 Å². The molecule has 0 aliphatic heterocycles. The molecule has 0 saturated heterocycles. The minimum Gasteiger partial charge on any atom is -0.383 e. The second-order valence-corrected chi connectivity index (χ2v) is 3.78. The first-order valence-corrected chi connectivity index (χ1v) is 5.86. The Balaban J connectivity index is 3.71. The summed E-state index contributed by atoms with van der Waals surface area (Å²) in [6.45, 7) is 3.69. The Bertz CT molecular complexity index is 234. The number of carbonyl (C=O) groups excluding carboxylic acids is 2. The van der Waals surface area contributed by atoms with Gasteiger partial charge in [0.2, 0.25) is 5.91 Å². The number of amides is 3. The molecular formula is C11H23N3O3. The molecule has 0 saturated carbocycles. The van der Waals surface area contributed by atoms with Crippen LogP contribution in [0.3, 0.4) is 0 Å². The molecule has 6 heteroatoms. The molecule has 17 heavy (non-hydrogen) atoms. The van der Waals surface area contributed by atoms with Crippen LogP contribution in [0.1, 0.15) is 19.8 Å². The number of hydrogen-bond acceptors (Lipinski definition) is 3. The van der Waals surface area contributed by atoms with Crippen molar-refractivity contribution in [3.8, 4) is 0 Å². The predicted molar refractivity (Wildman–Crippen MR) is 65.8 cm³/mol. The first-order chi connectivity index (χ1) is 8.11. The van der Waals surface area contributed by atoms with Crippen LogP contribution >= 0.6 is 0 Å². The lowest BCUT2D eigenvalue weighted by Crippen LogP contribution is -2.44. The summed E-state index contributed by atoms with van der Waals surface area (Å²) in [5, 5.41) is 5.39. The number of nitrogens with one attached hydrogen (secondary N) is 2. The fourth-order valence-electron chi connectivity index (χ4n) is 1.14. The summed E-state index contributed by atoms with van der Waals surface area (Å²) in [5.74, 6) is -0.185. The third-order valence-corrected chi connectivity index (χ3v) is 2.16. The minimum atomic E-state index is -0.222. The van der Waals surface area contributed by atoms with Gasteiger partial charge in [-0.05, 0) is 6.42 Å². The van der Waals surface area contributed by atoms with Crippen molar-refractivity contribution in [3.05, 3.63) is 0 Å². The quantitative estimate of drug-likeness (QED) is 0.600. The zero-order valence-electron chi connectivity index (χ0n) is 10.9. The van der Waals surface area contributed by atoms with Gasteiger partial charge >= 0.3 is 6.03 Å². The minimum absolute atomic E-state index is 0.0572. The molecule has 0 unspecified atom stereocenters. The van der Waals surface area contributed by atoms with Gasteiger partial charge in [0.1, 0.15) is 6.54 Å². The van der Waals surface area contributed by atoms with E-state index in [0.717, 1.165) is 12.8 Å². The summed E-state index contributed by atoms with van der Waals surface area (Å²) in [5.41, 5.74) is 0. The maximum Gasteiger partial charge on any atom is 0.317 e. The van der Waals surface area contributed by atoms with Gasteiger partial charge in [0.15, 0.2) is 0 Å². The molecule has 0 spiro atoms. The molecule has 0 atom stereocenters. The van der Waals surface area contributed by atoms with Crippen LogP contribution < -0.4 is 10.6 Å². The van der Waals surface area contributed by atoms with E-state index in [1.807, 2.05) is 0 Å². The third-order valence-electron chi connectivity index (χ3n) is 2.16. The maximum atomic E-state index is 11.5. The number of methoxy groups -OCH3 is 1. The fraction of sp³-hybridized carbons (Fsp3) is 0.818. The molecule has 0 fully saturated rings. The molecule has 0 rings (SSSR count). The predicted octanol–water partition coefficient (Wildman–Crippen LogP) is 0.191. The lowest BCUT2D eigenvalue weighted by Gasteiger charge is -2.17. The summed E-state index contributed by atoms with van der Waals surface area (Å²) in [6, 6.07) is -0.222. The topological polar surface area (TPSA) is 70.7 Å². The Morgan fingerprint density at radius 3 is 2.53 bits per heavy atom. The highest BCUT2D eigenvalue weighted by Crippen LogP contribution is 1.87. The number of carbonyl (C=O) groups is 2. The van der Waals surface area contributed by atoms with E-state index in [1.165, 1.54) is 4.90 Å². The van der Waals surface area contributed by atoms with Crippen LogP contribution in [0.2, 0.25) is 0 Å². The van der Waals surface area contributed by atoms with Gasteiger partial charge < -0.3 is 20.3 Å². The van der Waals surface area contributed by atoms with Crippen LogP contribution in [0.25, 0.3) is 0 Å². The molecule has 0 radical (unpaired) electrons. The van der Waals surface area contributed by atoms with Crippen molar-refractivity contribution in [3.63, 3.8) is 0 Å². The van der Waals surface area contributed by atoms with Crippen LogP contribution in [-0.4, -0.2) is 57.2 Å². The summed E-state index contributed by atoms with van der Waals surface area (Å²) >= 11 is 0. The fourth-order valence-corrected chi connectivity index (χ4v) is 1.14. The van der Waals surface area contributed by atoms with Gasteiger partial charge in [0, 0.05) is 27.2 Å². The van der Waals surface area contributed by atoms with E-state index in [1.54, 1.807) is 14.2 Å². The number of urea groups is 1. The highest BCUT2D eigenvalue weighted by molar-refractivity contribution is 5.83. The van der Waals surface area contributed by atoms with Crippen molar-refractivity contribution in [1.29, 1.82) is 0 Å². The average Bonchev–Trinajstić information content (AvgIpc) is 2.29. The highest BCUT2D eigenvalue weighted by Gasteiger charge is 2.11. The van der Waals surface area contributed by atoms with E-state index >= 15 is 0 Å². The summed E-state index contributed by atoms with van der Waals surface area (Å²) in [4.78, 5) is 24.2. The van der Waals surface area contributed by atoms with E-state index in [9.17, 15) is 9.59 Å². The van der Waals surface area contributed by atoms with E-state index in [-0.39, 0.29) is 18.5 Å². The number of hydrogen-bond donors (Lipinski definition) is 2. The molecule has 0 aliphatic rings. The Hall–Kier alpha value is -1.30. The molecular weight excluding hydrogens is 222 g/mol. The van der Waals surface area contributed by atoms with Gasteiger partial charge in [-0.3, -0.25) is 4.79 Å². The van der Waals surface area contributed by atoms with Crippen LogP contribution in [0, 0.1) is 0 Å². The highest BCUT2D eigenvalue weighted by atomic mass is 16.5. The number of nitrogens with zero attached hydrogens (tertiary/aromatic N) is 1. The molecule has 100 valence electrons. The maximum absolute atomic E-state index is 11.5. The molecule has 0 heterocycles. The smallest absolute Gasteiger partial charge is 0.317 e. The van der Waals surface area contributed by atoms with E-state index in [2.05, 4.69) is 17.6 Å². The monoisotopic (exact) mass is 245 g/mol. The number of ether oxygens (including phenoxy) is 1. The van der Waals surface area contributed by atoms with E-state index in [0.29, 0.717) is 19.7 Å². The third kappa shape index (κ3) is 8.50. The summed E-state index contributed by atoms with van der Waals surface area (Å²) in [7, 11) is 3.16. The lowest BCUT2D eigenvalue weighted by atomic mass is 10.3. The van der Waals surface area contributed by atoms with Crippen LogP contribution in [0.15, 0.2) is 0 Å². The largest absolute Gasteiger partial charge is 0.383 e. The first kappa shape index (κ1) is 15.7. The summed E-state index contributed by atoms with van der Waals surface area (Å²) < 4.78 is 4.80. The van der Waals surface area contributed by atoms with Gasteiger partial charge in [-0.1, -0.05) is 13.3 Å². The standard InChI is InChI=1S/C11H23N3O3/c1-4-5-6-13-11(16)14(2)9-10(15)12-7-8-17-3/h4-9H2,1-3H3,(H,12,15)(H,13,16). The molecule has 0 aromatic rings. The Morgan fingerprint density at radius 2 is 1.94 bits per heavy atom. The second-order valence-electron chi connectivity index (χ2n) is 3.78. The van der Waals surface area contributed by atoms with Gasteiger partial charge in [0.25, 0.3) is 0 Å². The zero-order chi connectivity index (χ0) is 13.1. The van der Waals surface area contributed by atoms with Crippen LogP contribution in [0.5, 0.6) is 0 Å². The van der Waals surface area contributed by atoms with Crippen LogP contribution in [0.4, 0.5) is 4.79 Å². The molecule has 0 aliphatic carbocycles. The molecule has 3 amide bonds. The number of likely N-dealkylation sites (N-methyl/N-ethyl adjacent to an activating group) is 1. The van der Waals surface area contributed by atoms with Crippen LogP contribution in [-0.2, 0) is 9.53 Å². The van der Waals surface area contributed by atoms with Crippen molar-refractivity contribution in [2.24, 2.45) is 0 Å². The molecule has 0 aromatic heterocycles. The van der Waals surface area contributed by atoms with Crippen molar-refractivity contribution in [1.82, 2.24) is 15.5 Å². The van der Waals surface area contributed by atoms with Crippen molar-refractivity contribution in [2.75, 3.05) is 40.4 Å². The molecule has 0 bridgehead atoms. The van der Waals surface area contributed by atoms with Gasteiger partial charge in [-0.2, -0.15) is 0 Å². The molecule has 0 aromatic carbocycles. The Morgan fingerprint density at radius 1 is 1.24 bits per heavy atom.